The van der Waals surface area contributed by atoms with Gasteiger partial charge in [0.25, 0.3) is 0 Å². The van der Waals surface area contributed by atoms with Gasteiger partial charge in [-0.3, -0.25) is 0 Å². The highest BCUT2D eigenvalue weighted by Crippen LogP contribution is 2.32. The van der Waals surface area contributed by atoms with Crippen LogP contribution in [0.3, 0.4) is 0 Å². The Kier molecular flexibility index (Phi) is 3.65. The number of hydrogen-bond acceptors (Lipinski definition) is 6. The fourth-order valence-electron chi connectivity index (χ4n) is 1.13. The Morgan fingerprint density at radius 1 is 1.29 bits per heavy atom. The minimum atomic E-state index is 0.358. The lowest BCUT2D eigenvalue weighted by Crippen LogP contribution is -1.99. The van der Waals surface area contributed by atoms with Gasteiger partial charge in [-0.15, -0.1) is 0 Å². The molecule has 0 fully saturated rings. The number of halogens is 1. The number of rotatable bonds is 3. The summed E-state index contributed by atoms with van der Waals surface area (Å²) in [6.07, 6.45) is 2.96. The van der Waals surface area contributed by atoms with Crippen molar-refractivity contribution >= 4 is 29.1 Å². The standard InChI is InChI=1S/C10H9ClN4OS/c1-16-9-8(12)10(15-5-14-9)17-7-3-2-6(11)4-13-7/h2-5H,12H2,1H3. The number of anilines is 1. The largest absolute Gasteiger partial charge is 0.479 e. The van der Waals surface area contributed by atoms with Gasteiger partial charge in [0.15, 0.2) is 0 Å². The van der Waals surface area contributed by atoms with E-state index in [4.69, 9.17) is 22.1 Å². The van der Waals surface area contributed by atoms with Crippen molar-refractivity contribution in [3.05, 3.63) is 29.7 Å². The lowest BCUT2D eigenvalue weighted by Gasteiger charge is -2.06. The average molecular weight is 269 g/mol. The molecule has 0 saturated carbocycles. The van der Waals surface area contributed by atoms with Crippen molar-refractivity contribution in [3.8, 4) is 5.88 Å². The molecule has 0 spiro atoms. The van der Waals surface area contributed by atoms with Crippen LogP contribution in [0.25, 0.3) is 0 Å². The Bertz CT molecular complexity index is 520. The minimum absolute atomic E-state index is 0.358. The zero-order chi connectivity index (χ0) is 12.3. The number of nitrogens with zero attached hydrogens (tertiary/aromatic N) is 3. The monoisotopic (exact) mass is 268 g/mol. The SMILES string of the molecule is COc1ncnc(Sc2ccc(Cl)cn2)c1N. The zero-order valence-electron chi connectivity index (χ0n) is 8.92. The van der Waals surface area contributed by atoms with Crippen molar-refractivity contribution < 1.29 is 4.74 Å². The summed E-state index contributed by atoms with van der Waals surface area (Å²) in [5.41, 5.74) is 6.25. The minimum Gasteiger partial charge on any atom is -0.479 e. The molecule has 5 nitrogen and oxygen atoms in total. The Labute approximate surface area is 107 Å². The van der Waals surface area contributed by atoms with Crippen LogP contribution < -0.4 is 10.5 Å². The molecular formula is C10H9ClN4OS. The van der Waals surface area contributed by atoms with Crippen molar-refractivity contribution in [1.82, 2.24) is 15.0 Å². The van der Waals surface area contributed by atoms with E-state index in [0.29, 0.717) is 21.6 Å². The molecule has 7 heteroatoms. The topological polar surface area (TPSA) is 73.9 Å². The molecule has 0 radical (unpaired) electrons. The third-order valence-electron chi connectivity index (χ3n) is 1.91. The molecule has 2 aromatic rings. The summed E-state index contributed by atoms with van der Waals surface area (Å²) >= 11 is 7.08. The van der Waals surface area contributed by atoms with Gasteiger partial charge in [0.2, 0.25) is 5.88 Å². The van der Waals surface area contributed by atoms with Gasteiger partial charge < -0.3 is 10.5 Å². The smallest absolute Gasteiger partial charge is 0.241 e. The van der Waals surface area contributed by atoms with Gasteiger partial charge in [0, 0.05) is 6.20 Å². The van der Waals surface area contributed by atoms with Crippen LogP contribution in [0.2, 0.25) is 5.02 Å². The molecule has 2 N–H and O–H groups in total. The third kappa shape index (κ3) is 2.78. The van der Waals surface area contributed by atoms with Crippen LogP contribution in [0.1, 0.15) is 0 Å². The summed E-state index contributed by atoms with van der Waals surface area (Å²) in [4.78, 5) is 12.1. The first-order chi connectivity index (χ1) is 8.20. The number of nitrogens with two attached hydrogens (primary N) is 1. The predicted octanol–water partition coefficient (Wildman–Crippen LogP) is 2.27. The molecule has 2 rings (SSSR count). The van der Waals surface area contributed by atoms with Gasteiger partial charge in [0.1, 0.15) is 22.1 Å². The fourth-order valence-corrected chi connectivity index (χ4v) is 1.98. The maximum absolute atomic E-state index is 5.85. The van der Waals surface area contributed by atoms with Crippen LogP contribution in [-0.4, -0.2) is 22.1 Å². The molecule has 88 valence electrons. The van der Waals surface area contributed by atoms with Gasteiger partial charge >= 0.3 is 0 Å². The van der Waals surface area contributed by atoms with Crippen molar-refractivity contribution in [2.24, 2.45) is 0 Å². The van der Waals surface area contributed by atoms with Crippen LogP contribution in [0, 0.1) is 0 Å². The van der Waals surface area contributed by atoms with Crippen molar-refractivity contribution in [2.75, 3.05) is 12.8 Å². The summed E-state index contributed by atoms with van der Waals surface area (Å²) in [5.74, 6) is 0.358. The lowest BCUT2D eigenvalue weighted by atomic mass is 10.5. The van der Waals surface area contributed by atoms with Gasteiger partial charge in [-0.1, -0.05) is 11.6 Å². The summed E-state index contributed by atoms with van der Waals surface area (Å²) in [6, 6.07) is 3.55. The fraction of sp³-hybridized carbons (Fsp3) is 0.100. The third-order valence-corrected chi connectivity index (χ3v) is 3.10. The van der Waals surface area contributed by atoms with Gasteiger partial charge in [-0.25, -0.2) is 9.97 Å². The molecule has 0 amide bonds. The van der Waals surface area contributed by atoms with Crippen molar-refractivity contribution in [3.63, 3.8) is 0 Å². The summed E-state index contributed by atoms with van der Waals surface area (Å²) in [6.45, 7) is 0. The van der Waals surface area contributed by atoms with Crippen LogP contribution in [-0.2, 0) is 0 Å². The highest BCUT2D eigenvalue weighted by Gasteiger charge is 2.10. The summed E-state index contributed by atoms with van der Waals surface area (Å²) in [7, 11) is 1.51. The van der Waals surface area contributed by atoms with E-state index in [2.05, 4.69) is 15.0 Å². The second-order valence-corrected chi connectivity index (χ2v) is 4.46. The van der Waals surface area contributed by atoms with E-state index in [0.717, 1.165) is 5.03 Å². The predicted molar refractivity (Wildman–Crippen MR) is 66.4 cm³/mol. The number of aromatic nitrogens is 3. The van der Waals surface area contributed by atoms with E-state index < -0.39 is 0 Å². The van der Waals surface area contributed by atoms with Gasteiger partial charge in [0.05, 0.1) is 12.1 Å². The highest BCUT2D eigenvalue weighted by atomic mass is 35.5. The normalized spacial score (nSPS) is 10.2. The van der Waals surface area contributed by atoms with E-state index in [9.17, 15) is 0 Å². The molecule has 0 atom stereocenters. The number of nitrogen functional groups attached to an aromatic ring is 1. The molecule has 0 unspecified atom stereocenters. The molecule has 2 heterocycles. The van der Waals surface area contributed by atoms with Crippen LogP contribution in [0.15, 0.2) is 34.7 Å². The lowest BCUT2D eigenvalue weighted by molar-refractivity contribution is 0.397. The van der Waals surface area contributed by atoms with E-state index in [1.807, 2.05) is 0 Å². The van der Waals surface area contributed by atoms with E-state index >= 15 is 0 Å². The van der Waals surface area contributed by atoms with Crippen LogP contribution >= 0.6 is 23.4 Å². The number of ether oxygens (including phenoxy) is 1. The second-order valence-electron chi connectivity index (χ2n) is 3.02. The summed E-state index contributed by atoms with van der Waals surface area (Å²) < 4.78 is 5.01. The molecule has 0 aliphatic carbocycles. The van der Waals surface area contributed by atoms with Crippen LogP contribution in [0.5, 0.6) is 5.88 Å². The second kappa shape index (κ2) is 5.20. The Balaban J connectivity index is 2.27. The first-order valence-corrected chi connectivity index (χ1v) is 5.84. The molecule has 0 aromatic carbocycles. The van der Waals surface area contributed by atoms with Crippen LogP contribution in [0.4, 0.5) is 5.69 Å². The molecule has 0 saturated heterocycles. The van der Waals surface area contributed by atoms with Gasteiger partial charge in [-0.2, -0.15) is 4.98 Å². The molecule has 0 aliphatic heterocycles. The van der Waals surface area contributed by atoms with E-state index in [1.165, 1.54) is 25.2 Å². The zero-order valence-corrected chi connectivity index (χ0v) is 10.5. The Morgan fingerprint density at radius 2 is 2.12 bits per heavy atom. The molecule has 2 aromatic heterocycles. The molecule has 0 aliphatic rings. The average Bonchev–Trinajstić information content (AvgIpc) is 2.35. The maximum Gasteiger partial charge on any atom is 0.241 e. The first kappa shape index (κ1) is 11.9. The number of pyridine rings is 1. The highest BCUT2D eigenvalue weighted by molar-refractivity contribution is 7.99. The molecule has 17 heavy (non-hydrogen) atoms. The Morgan fingerprint density at radius 3 is 2.76 bits per heavy atom. The molecule has 0 bridgehead atoms. The van der Waals surface area contributed by atoms with E-state index in [-0.39, 0.29) is 0 Å². The van der Waals surface area contributed by atoms with E-state index in [1.54, 1.807) is 18.3 Å². The number of hydrogen-bond donors (Lipinski definition) is 1. The Hall–Kier alpha value is -1.53. The first-order valence-electron chi connectivity index (χ1n) is 4.64. The molecular weight excluding hydrogens is 260 g/mol. The van der Waals surface area contributed by atoms with Gasteiger partial charge in [-0.05, 0) is 23.9 Å². The summed E-state index contributed by atoms with van der Waals surface area (Å²) in [5, 5.41) is 1.94. The quantitative estimate of drug-likeness (QED) is 0.861. The maximum atomic E-state index is 5.85. The van der Waals surface area contributed by atoms with Crippen molar-refractivity contribution in [1.29, 1.82) is 0 Å². The van der Waals surface area contributed by atoms with Crippen molar-refractivity contribution in [2.45, 2.75) is 10.1 Å². The number of methoxy groups -OCH3 is 1.